The third-order valence-corrected chi connectivity index (χ3v) is 2.51. The number of rotatable bonds is 4. The van der Waals surface area contributed by atoms with E-state index in [-0.39, 0.29) is 17.7 Å². The lowest BCUT2D eigenvalue weighted by Crippen LogP contribution is -2.11. The summed E-state index contributed by atoms with van der Waals surface area (Å²) in [5.74, 6) is -0.519. The van der Waals surface area contributed by atoms with Gasteiger partial charge >= 0.3 is 5.97 Å². The molecule has 2 unspecified atom stereocenters. The molecule has 2 atom stereocenters. The molecule has 0 bridgehead atoms. The molecule has 1 rings (SSSR count). The average Bonchev–Trinajstić information content (AvgIpc) is 2.15. The Morgan fingerprint density at radius 3 is 2.71 bits per heavy atom. The summed E-state index contributed by atoms with van der Waals surface area (Å²) in [5, 5.41) is 8.42. The summed E-state index contributed by atoms with van der Waals surface area (Å²) in [7, 11) is 0. The topological polar surface area (TPSA) is 37.3 Å². The van der Waals surface area contributed by atoms with Crippen LogP contribution in [0.25, 0.3) is 0 Å². The summed E-state index contributed by atoms with van der Waals surface area (Å²) < 4.78 is 0. The molecule has 1 aliphatic carbocycles. The van der Waals surface area contributed by atoms with E-state index < -0.39 is 5.97 Å². The molecule has 0 spiro atoms. The summed E-state index contributed by atoms with van der Waals surface area (Å²) in [4.78, 5) is 10.2. The first-order valence-electron chi connectivity index (χ1n) is 4.56. The summed E-state index contributed by atoms with van der Waals surface area (Å²) >= 11 is 6.04. The molecule has 0 aromatic carbocycles. The van der Waals surface area contributed by atoms with Crippen molar-refractivity contribution >= 4 is 17.6 Å². The second kappa shape index (κ2) is 5.66. The van der Waals surface area contributed by atoms with Crippen LogP contribution >= 0.6 is 11.6 Å². The van der Waals surface area contributed by atoms with E-state index in [9.17, 15) is 4.79 Å². The van der Waals surface area contributed by atoms with E-state index in [0.29, 0.717) is 0 Å². The first-order chi connectivity index (χ1) is 6.70. The van der Waals surface area contributed by atoms with Gasteiger partial charge < -0.3 is 5.11 Å². The predicted octanol–water partition coefficient (Wildman–Crippen LogP) is 2.76. The third kappa shape index (κ3) is 3.79. The van der Waals surface area contributed by atoms with Gasteiger partial charge in [0.1, 0.15) is 0 Å². The minimum absolute atomic E-state index is 0.0227. The van der Waals surface area contributed by atoms with Crippen LogP contribution in [0.3, 0.4) is 0 Å². The number of carboxylic acid groups (broad SMARTS) is 1. The standard InChI is InChI=1S/C11H13ClO2/c12-10-7-3-1-5-9(10)6-2-4-8-11(13)14/h1-5,7,9-10H,6,8H2,(H,13,14)/b4-2+. The molecule has 3 heteroatoms. The lowest BCUT2D eigenvalue weighted by Gasteiger charge is -2.16. The zero-order valence-electron chi connectivity index (χ0n) is 7.77. The summed E-state index contributed by atoms with van der Waals surface area (Å²) in [5.41, 5.74) is 0. The van der Waals surface area contributed by atoms with Crippen molar-refractivity contribution in [3.63, 3.8) is 0 Å². The number of hydrogen-bond acceptors (Lipinski definition) is 1. The van der Waals surface area contributed by atoms with Gasteiger partial charge in [0.05, 0.1) is 11.8 Å². The highest BCUT2D eigenvalue weighted by molar-refractivity contribution is 6.22. The molecular weight excluding hydrogens is 200 g/mol. The lowest BCUT2D eigenvalue weighted by atomic mass is 9.96. The molecule has 14 heavy (non-hydrogen) atoms. The number of allylic oxidation sites excluding steroid dienone is 5. The minimum Gasteiger partial charge on any atom is -0.481 e. The van der Waals surface area contributed by atoms with Crippen LogP contribution in [0.15, 0.2) is 36.5 Å². The maximum atomic E-state index is 10.2. The number of carboxylic acids is 1. The van der Waals surface area contributed by atoms with Crippen molar-refractivity contribution in [1.82, 2.24) is 0 Å². The van der Waals surface area contributed by atoms with E-state index in [4.69, 9.17) is 16.7 Å². The monoisotopic (exact) mass is 212 g/mol. The molecule has 1 aliphatic rings. The highest BCUT2D eigenvalue weighted by Gasteiger charge is 2.13. The van der Waals surface area contributed by atoms with Crippen molar-refractivity contribution in [2.45, 2.75) is 18.2 Å². The fraction of sp³-hybridized carbons (Fsp3) is 0.364. The fourth-order valence-electron chi connectivity index (χ4n) is 1.27. The largest absolute Gasteiger partial charge is 0.481 e. The van der Waals surface area contributed by atoms with Gasteiger partial charge in [0.2, 0.25) is 0 Å². The minimum atomic E-state index is -0.803. The molecule has 2 nitrogen and oxygen atoms in total. The third-order valence-electron chi connectivity index (χ3n) is 2.04. The van der Waals surface area contributed by atoms with Gasteiger partial charge in [-0.25, -0.2) is 0 Å². The molecule has 0 saturated heterocycles. The molecule has 1 N–H and O–H groups in total. The van der Waals surface area contributed by atoms with Gasteiger partial charge in [0.25, 0.3) is 0 Å². The molecule has 0 aliphatic heterocycles. The first kappa shape index (κ1) is 11.1. The van der Waals surface area contributed by atoms with Crippen molar-refractivity contribution in [2.75, 3.05) is 0 Å². The van der Waals surface area contributed by atoms with Crippen molar-refractivity contribution in [1.29, 1.82) is 0 Å². The number of aliphatic carboxylic acids is 1. The van der Waals surface area contributed by atoms with Crippen LogP contribution in [0.2, 0.25) is 0 Å². The number of hydrogen-bond donors (Lipinski definition) is 1. The van der Waals surface area contributed by atoms with E-state index >= 15 is 0 Å². The Hall–Kier alpha value is -1.02. The van der Waals surface area contributed by atoms with E-state index in [2.05, 4.69) is 0 Å². The lowest BCUT2D eigenvalue weighted by molar-refractivity contribution is -0.136. The van der Waals surface area contributed by atoms with Crippen LogP contribution in [0.1, 0.15) is 12.8 Å². The van der Waals surface area contributed by atoms with Crippen molar-refractivity contribution in [2.24, 2.45) is 5.92 Å². The van der Waals surface area contributed by atoms with Crippen LogP contribution in [0, 0.1) is 5.92 Å². The van der Waals surface area contributed by atoms with Crippen LogP contribution < -0.4 is 0 Å². The van der Waals surface area contributed by atoms with Gasteiger partial charge in [-0.15, -0.1) is 11.6 Å². The molecule has 0 fully saturated rings. The average molecular weight is 213 g/mol. The highest BCUT2D eigenvalue weighted by Crippen LogP contribution is 2.21. The smallest absolute Gasteiger partial charge is 0.307 e. The molecule has 0 amide bonds. The molecule has 0 aromatic rings. The molecule has 76 valence electrons. The number of carbonyl (C=O) groups is 1. The summed E-state index contributed by atoms with van der Waals surface area (Å²) in [6.45, 7) is 0. The quantitative estimate of drug-likeness (QED) is 0.575. The van der Waals surface area contributed by atoms with Gasteiger partial charge in [-0.1, -0.05) is 36.5 Å². The Balaban J connectivity index is 2.31. The van der Waals surface area contributed by atoms with Gasteiger partial charge in [0.15, 0.2) is 0 Å². The number of halogens is 1. The number of alkyl halides is 1. The van der Waals surface area contributed by atoms with E-state index in [1.54, 1.807) is 6.08 Å². The van der Waals surface area contributed by atoms with E-state index in [1.165, 1.54) is 0 Å². The SMILES string of the molecule is O=C(O)C/C=C/CC1C=CC=CC1Cl. The zero-order valence-corrected chi connectivity index (χ0v) is 8.52. The second-order valence-corrected chi connectivity index (χ2v) is 3.69. The van der Waals surface area contributed by atoms with Crippen molar-refractivity contribution in [3.05, 3.63) is 36.5 Å². The Bertz CT molecular complexity index is 279. The van der Waals surface area contributed by atoms with Crippen LogP contribution in [-0.2, 0) is 4.79 Å². The zero-order chi connectivity index (χ0) is 10.4. The first-order valence-corrected chi connectivity index (χ1v) is 4.99. The predicted molar refractivity (Wildman–Crippen MR) is 57.4 cm³/mol. The Morgan fingerprint density at radius 2 is 2.07 bits per heavy atom. The fourth-order valence-corrected chi connectivity index (χ4v) is 1.54. The van der Waals surface area contributed by atoms with Gasteiger partial charge in [-0.3, -0.25) is 4.79 Å². The van der Waals surface area contributed by atoms with Crippen molar-refractivity contribution in [3.8, 4) is 0 Å². The van der Waals surface area contributed by atoms with Crippen LogP contribution in [-0.4, -0.2) is 16.5 Å². The second-order valence-electron chi connectivity index (χ2n) is 3.18. The van der Waals surface area contributed by atoms with Crippen LogP contribution in [0.4, 0.5) is 0 Å². The van der Waals surface area contributed by atoms with Crippen molar-refractivity contribution < 1.29 is 9.90 Å². The maximum Gasteiger partial charge on any atom is 0.307 e. The molecule has 0 aromatic heterocycles. The molecule has 0 saturated carbocycles. The summed E-state index contributed by atoms with van der Waals surface area (Å²) in [6.07, 6.45) is 12.3. The molecular formula is C11H13ClO2. The van der Waals surface area contributed by atoms with Gasteiger partial charge in [-0.2, -0.15) is 0 Å². The van der Waals surface area contributed by atoms with Crippen LogP contribution in [0.5, 0.6) is 0 Å². The van der Waals surface area contributed by atoms with E-state index in [1.807, 2.05) is 30.4 Å². The molecule has 0 heterocycles. The van der Waals surface area contributed by atoms with E-state index in [0.717, 1.165) is 6.42 Å². The van der Waals surface area contributed by atoms with Gasteiger partial charge in [-0.05, 0) is 6.42 Å². The normalized spacial score (nSPS) is 25.8. The van der Waals surface area contributed by atoms with Gasteiger partial charge in [0, 0.05) is 5.92 Å². The Kier molecular flexibility index (Phi) is 4.47. The maximum absolute atomic E-state index is 10.2. The summed E-state index contributed by atoms with van der Waals surface area (Å²) in [6, 6.07) is 0. The highest BCUT2D eigenvalue weighted by atomic mass is 35.5. The molecule has 0 radical (unpaired) electrons. The Morgan fingerprint density at radius 1 is 1.36 bits per heavy atom. The Labute approximate surface area is 88.6 Å².